The van der Waals surface area contributed by atoms with Crippen molar-refractivity contribution in [3.8, 4) is 11.8 Å². The average Bonchev–Trinajstić information content (AvgIpc) is 3.48. The van der Waals surface area contributed by atoms with Gasteiger partial charge in [-0.2, -0.15) is 5.26 Å². The standard InChI is InChI=1S/C29H33N5O3S/c1-37-25-5-2-4-23(16-25)29(36)34-14-11-24(17-27(34)28(35)32-13-12-30)33(20-26-6-3-15-38-26)19-22-9-7-21(18-31)8-10-22/h2-10,15-16,24,27H,11-14,17,19-20,30H2,1H3,(H,32,35)/t24?,27-/m1/s1. The van der Waals surface area contributed by atoms with E-state index in [2.05, 4.69) is 27.7 Å². The van der Waals surface area contributed by atoms with E-state index in [4.69, 9.17) is 15.7 Å². The van der Waals surface area contributed by atoms with E-state index in [-0.39, 0.29) is 17.9 Å². The van der Waals surface area contributed by atoms with E-state index in [0.717, 1.165) is 18.5 Å². The molecule has 0 spiro atoms. The van der Waals surface area contributed by atoms with Crippen molar-refractivity contribution < 1.29 is 14.3 Å². The zero-order chi connectivity index (χ0) is 26.9. The Balaban J connectivity index is 1.58. The van der Waals surface area contributed by atoms with Crippen molar-refractivity contribution in [2.45, 2.75) is 38.0 Å². The van der Waals surface area contributed by atoms with E-state index in [9.17, 15) is 9.59 Å². The van der Waals surface area contributed by atoms with Gasteiger partial charge in [-0.05, 0) is 60.2 Å². The molecule has 0 radical (unpaired) electrons. The third-order valence-corrected chi connectivity index (χ3v) is 7.68. The number of likely N-dealkylation sites (tertiary alicyclic amines) is 1. The van der Waals surface area contributed by atoms with Crippen molar-refractivity contribution in [2.75, 3.05) is 26.7 Å². The number of methoxy groups -OCH3 is 1. The van der Waals surface area contributed by atoms with Crippen LogP contribution in [-0.2, 0) is 17.9 Å². The van der Waals surface area contributed by atoms with E-state index < -0.39 is 6.04 Å². The number of piperidine rings is 1. The molecule has 198 valence electrons. The SMILES string of the molecule is COc1cccc(C(=O)N2CCC(N(Cc3ccc(C#N)cc3)Cc3cccs3)C[C@@H]2C(=O)NCCN)c1. The summed E-state index contributed by atoms with van der Waals surface area (Å²) in [5.41, 5.74) is 7.86. The molecule has 38 heavy (non-hydrogen) atoms. The van der Waals surface area contributed by atoms with Crippen molar-refractivity contribution in [1.82, 2.24) is 15.1 Å². The predicted molar refractivity (Wildman–Crippen MR) is 148 cm³/mol. The summed E-state index contributed by atoms with van der Waals surface area (Å²) in [5.74, 6) is 0.220. The molecule has 2 amide bonds. The van der Waals surface area contributed by atoms with Crippen LogP contribution >= 0.6 is 11.3 Å². The summed E-state index contributed by atoms with van der Waals surface area (Å²) < 4.78 is 5.30. The fraction of sp³-hybridized carbons (Fsp3) is 0.345. The third kappa shape index (κ3) is 6.78. The normalized spacial score (nSPS) is 17.2. The van der Waals surface area contributed by atoms with Crippen LogP contribution in [0.4, 0.5) is 0 Å². The number of amides is 2. The molecule has 1 aliphatic heterocycles. The van der Waals surface area contributed by atoms with Crippen molar-refractivity contribution in [3.63, 3.8) is 0 Å². The van der Waals surface area contributed by atoms with E-state index in [1.54, 1.807) is 47.6 Å². The van der Waals surface area contributed by atoms with Gasteiger partial charge >= 0.3 is 0 Å². The Morgan fingerprint density at radius 3 is 2.68 bits per heavy atom. The van der Waals surface area contributed by atoms with Gasteiger partial charge in [0, 0.05) is 49.2 Å². The highest BCUT2D eigenvalue weighted by Gasteiger charge is 2.38. The van der Waals surface area contributed by atoms with Crippen molar-refractivity contribution >= 4 is 23.2 Å². The summed E-state index contributed by atoms with van der Waals surface area (Å²) in [5, 5.41) is 14.1. The lowest BCUT2D eigenvalue weighted by Crippen LogP contribution is -2.57. The zero-order valence-electron chi connectivity index (χ0n) is 21.5. The summed E-state index contributed by atoms with van der Waals surface area (Å²) in [6.07, 6.45) is 1.24. The van der Waals surface area contributed by atoms with E-state index >= 15 is 0 Å². The molecule has 2 heterocycles. The van der Waals surface area contributed by atoms with Gasteiger partial charge in [0.05, 0.1) is 18.7 Å². The second-order valence-corrected chi connectivity index (χ2v) is 10.3. The number of ether oxygens (including phenoxy) is 1. The fourth-order valence-electron chi connectivity index (χ4n) is 4.84. The molecule has 1 saturated heterocycles. The average molecular weight is 532 g/mol. The molecule has 1 fully saturated rings. The Morgan fingerprint density at radius 2 is 2.00 bits per heavy atom. The van der Waals surface area contributed by atoms with Crippen LogP contribution < -0.4 is 15.8 Å². The first-order valence-corrected chi connectivity index (χ1v) is 13.6. The van der Waals surface area contributed by atoms with Crippen LogP contribution in [0.5, 0.6) is 5.75 Å². The minimum absolute atomic E-state index is 0.0794. The molecular formula is C29H33N5O3S. The van der Waals surface area contributed by atoms with Crippen LogP contribution in [0, 0.1) is 11.3 Å². The van der Waals surface area contributed by atoms with E-state index in [1.807, 2.05) is 30.3 Å². The summed E-state index contributed by atoms with van der Waals surface area (Å²) >= 11 is 1.70. The number of nitrogens with zero attached hydrogens (tertiary/aromatic N) is 3. The Morgan fingerprint density at radius 1 is 1.18 bits per heavy atom. The number of thiophene rings is 1. The highest BCUT2D eigenvalue weighted by atomic mass is 32.1. The van der Waals surface area contributed by atoms with E-state index in [1.165, 1.54) is 4.88 Å². The van der Waals surface area contributed by atoms with Gasteiger partial charge in [-0.15, -0.1) is 11.3 Å². The van der Waals surface area contributed by atoms with Gasteiger partial charge in [-0.3, -0.25) is 14.5 Å². The molecule has 9 heteroatoms. The summed E-state index contributed by atoms with van der Waals surface area (Å²) in [6, 6.07) is 20.4. The van der Waals surface area contributed by atoms with Crippen LogP contribution in [0.3, 0.4) is 0 Å². The molecule has 8 nitrogen and oxygen atoms in total. The number of benzene rings is 2. The fourth-order valence-corrected chi connectivity index (χ4v) is 5.57. The highest BCUT2D eigenvalue weighted by Crippen LogP contribution is 2.28. The second kappa shape index (κ2) is 13.2. The Kier molecular flexibility index (Phi) is 9.49. The van der Waals surface area contributed by atoms with Gasteiger partial charge in [0.15, 0.2) is 0 Å². The number of hydrogen-bond acceptors (Lipinski definition) is 7. The van der Waals surface area contributed by atoms with Crippen molar-refractivity contribution in [3.05, 3.63) is 87.6 Å². The minimum atomic E-state index is -0.620. The van der Waals surface area contributed by atoms with Crippen LogP contribution in [0.2, 0.25) is 0 Å². The maximum absolute atomic E-state index is 13.6. The van der Waals surface area contributed by atoms with Crippen molar-refractivity contribution in [1.29, 1.82) is 5.26 Å². The van der Waals surface area contributed by atoms with Crippen molar-refractivity contribution in [2.24, 2.45) is 5.73 Å². The van der Waals surface area contributed by atoms with Gasteiger partial charge in [0.25, 0.3) is 5.91 Å². The van der Waals surface area contributed by atoms with Crippen LogP contribution in [-0.4, -0.2) is 60.4 Å². The van der Waals surface area contributed by atoms with Gasteiger partial charge < -0.3 is 20.7 Å². The maximum Gasteiger partial charge on any atom is 0.254 e. The number of nitriles is 1. The van der Waals surface area contributed by atoms with Crippen LogP contribution in [0.15, 0.2) is 66.0 Å². The molecule has 3 aromatic rings. The maximum atomic E-state index is 13.6. The van der Waals surface area contributed by atoms with Gasteiger partial charge in [-0.1, -0.05) is 24.3 Å². The molecule has 3 N–H and O–H groups in total. The predicted octanol–water partition coefficient (Wildman–Crippen LogP) is 3.38. The molecule has 1 aromatic heterocycles. The largest absolute Gasteiger partial charge is 0.497 e. The summed E-state index contributed by atoms with van der Waals surface area (Å²) in [4.78, 5) is 32.2. The first kappa shape index (κ1) is 27.3. The highest BCUT2D eigenvalue weighted by molar-refractivity contribution is 7.09. The first-order valence-electron chi connectivity index (χ1n) is 12.7. The van der Waals surface area contributed by atoms with Gasteiger partial charge in [0.1, 0.15) is 11.8 Å². The topological polar surface area (TPSA) is 112 Å². The summed E-state index contributed by atoms with van der Waals surface area (Å²) in [7, 11) is 1.56. The van der Waals surface area contributed by atoms with Crippen LogP contribution in [0.1, 0.15) is 39.2 Å². The first-order chi connectivity index (χ1) is 18.5. The molecule has 0 aliphatic carbocycles. The number of nitrogens with one attached hydrogen (secondary N) is 1. The second-order valence-electron chi connectivity index (χ2n) is 9.30. The van der Waals surface area contributed by atoms with E-state index in [0.29, 0.717) is 49.5 Å². The Hall–Kier alpha value is -3.71. The minimum Gasteiger partial charge on any atom is -0.497 e. The lowest BCUT2D eigenvalue weighted by Gasteiger charge is -2.43. The third-order valence-electron chi connectivity index (χ3n) is 6.82. The lowest BCUT2D eigenvalue weighted by atomic mass is 9.93. The Labute approximate surface area is 227 Å². The molecule has 1 unspecified atom stereocenters. The van der Waals surface area contributed by atoms with Gasteiger partial charge in [-0.25, -0.2) is 0 Å². The lowest BCUT2D eigenvalue weighted by molar-refractivity contribution is -0.127. The molecular weight excluding hydrogens is 498 g/mol. The summed E-state index contributed by atoms with van der Waals surface area (Å²) in [6.45, 7) is 2.55. The molecule has 1 aliphatic rings. The Bertz CT molecular complexity index is 1260. The molecule has 2 atom stereocenters. The number of carbonyl (C=O) groups is 2. The number of rotatable bonds is 10. The monoisotopic (exact) mass is 531 g/mol. The molecule has 0 saturated carbocycles. The number of carbonyl (C=O) groups excluding carboxylic acids is 2. The molecule has 4 rings (SSSR count). The molecule has 2 aromatic carbocycles. The van der Waals surface area contributed by atoms with Gasteiger partial charge in [0.2, 0.25) is 5.91 Å². The zero-order valence-corrected chi connectivity index (χ0v) is 22.3. The number of hydrogen-bond donors (Lipinski definition) is 2. The smallest absolute Gasteiger partial charge is 0.254 e. The van der Waals surface area contributed by atoms with Crippen LogP contribution in [0.25, 0.3) is 0 Å². The molecule has 0 bridgehead atoms. The number of nitrogens with two attached hydrogens (primary N) is 1. The quantitative estimate of drug-likeness (QED) is 0.415.